The summed E-state index contributed by atoms with van der Waals surface area (Å²) in [5.41, 5.74) is 4.51. The monoisotopic (exact) mass is 325 g/mol. The van der Waals surface area contributed by atoms with E-state index in [4.69, 9.17) is 14.8 Å². The molecule has 0 saturated carbocycles. The number of aromatic nitrogens is 1. The number of rotatable bonds is 3. The minimum Gasteiger partial charge on any atom is -0.481 e. The van der Waals surface area contributed by atoms with Gasteiger partial charge in [0.1, 0.15) is 0 Å². The first-order valence-electron chi connectivity index (χ1n) is 8.92. The molecule has 2 aromatic rings. The van der Waals surface area contributed by atoms with Crippen LogP contribution in [0.4, 0.5) is 0 Å². The number of hydrogen-bond acceptors (Lipinski definition) is 3. The number of fused-ring (bicyclic) bond motifs is 2. The Hall–Kier alpha value is -1.94. The molecule has 2 heterocycles. The van der Waals surface area contributed by atoms with E-state index in [9.17, 15) is 4.79 Å². The molecule has 4 heteroatoms. The van der Waals surface area contributed by atoms with Gasteiger partial charge in [0.2, 0.25) is 0 Å². The summed E-state index contributed by atoms with van der Waals surface area (Å²) in [6, 6.07) is 8.11. The van der Waals surface area contributed by atoms with Gasteiger partial charge in [-0.3, -0.25) is 9.78 Å². The van der Waals surface area contributed by atoms with Crippen LogP contribution < -0.4 is 0 Å². The average Bonchev–Trinajstić information content (AvgIpc) is 2.59. The Balaban J connectivity index is 1.80. The summed E-state index contributed by atoms with van der Waals surface area (Å²) < 4.78 is 6.21. The lowest BCUT2D eigenvalue weighted by Gasteiger charge is -2.41. The van der Waals surface area contributed by atoms with Gasteiger partial charge in [-0.25, -0.2) is 0 Å². The number of pyridine rings is 1. The number of carbonyl (C=O) groups is 1. The second kappa shape index (κ2) is 6.17. The normalized spacial score (nSPS) is 23.3. The van der Waals surface area contributed by atoms with Crippen molar-refractivity contribution in [3.8, 4) is 0 Å². The number of carboxylic acids is 1. The van der Waals surface area contributed by atoms with Crippen LogP contribution in [0.25, 0.3) is 10.9 Å². The summed E-state index contributed by atoms with van der Waals surface area (Å²) in [5, 5.41) is 10.3. The molecule has 24 heavy (non-hydrogen) atoms. The molecule has 1 aliphatic carbocycles. The molecule has 1 spiro atoms. The van der Waals surface area contributed by atoms with Gasteiger partial charge in [-0.1, -0.05) is 18.2 Å². The van der Waals surface area contributed by atoms with Crippen LogP contribution in [-0.2, 0) is 28.8 Å². The highest BCUT2D eigenvalue weighted by molar-refractivity contribution is 5.84. The van der Waals surface area contributed by atoms with Crippen molar-refractivity contribution in [1.82, 2.24) is 4.98 Å². The molecule has 1 atom stereocenters. The molecule has 1 N–H and O–H groups in total. The third-order valence-corrected chi connectivity index (χ3v) is 5.54. The van der Waals surface area contributed by atoms with Gasteiger partial charge in [-0.15, -0.1) is 0 Å². The molecule has 0 radical (unpaired) electrons. The lowest BCUT2D eigenvalue weighted by atomic mass is 9.76. The van der Waals surface area contributed by atoms with Crippen LogP contribution in [0.2, 0.25) is 0 Å². The van der Waals surface area contributed by atoms with Crippen molar-refractivity contribution in [3.63, 3.8) is 0 Å². The molecular weight excluding hydrogens is 302 g/mol. The van der Waals surface area contributed by atoms with Gasteiger partial charge in [0.05, 0.1) is 11.1 Å². The third kappa shape index (κ3) is 2.80. The standard InChI is InChI=1S/C20H23NO3/c22-19(23)8-7-14-15-5-1-2-6-17(15)21-18-9-11-20(13-16(14)18)10-3-4-12-24-20/h1-2,5-6H,3-4,7-13H2,(H,22,23). The number of carboxylic acid groups (broad SMARTS) is 1. The van der Waals surface area contributed by atoms with Crippen molar-refractivity contribution < 1.29 is 14.6 Å². The van der Waals surface area contributed by atoms with Gasteiger partial charge >= 0.3 is 5.97 Å². The first kappa shape index (κ1) is 15.6. The molecule has 1 saturated heterocycles. The average molecular weight is 325 g/mol. The largest absolute Gasteiger partial charge is 0.481 e. The van der Waals surface area contributed by atoms with Gasteiger partial charge in [0, 0.05) is 30.5 Å². The lowest BCUT2D eigenvalue weighted by molar-refractivity contribution is -0.136. The van der Waals surface area contributed by atoms with Gasteiger partial charge < -0.3 is 9.84 Å². The molecule has 1 unspecified atom stereocenters. The van der Waals surface area contributed by atoms with Gasteiger partial charge in [-0.2, -0.15) is 0 Å². The number of aryl methyl sites for hydroxylation is 2. The molecule has 126 valence electrons. The number of para-hydroxylation sites is 1. The van der Waals surface area contributed by atoms with Gasteiger partial charge in [0.25, 0.3) is 0 Å². The zero-order chi connectivity index (χ0) is 16.6. The van der Waals surface area contributed by atoms with E-state index in [0.717, 1.165) is 55.3 Å². The predicted molar refractivity (Wildman–Crippen MR) is 92.3 cm³/mol. The number of aliphatic carboxylic acids is 1. The van der Waals surface area contributed by atoms with E-state index in [0.29, 0.717) is 6.42 Å². The Morgan fingerprint density at radius 1 is 1.25 bits per heavy atom. The van der Waals surface area contributed by atoms with Crippen molar-refractivity contribution in [3.05, 3.63) is 41.1 Å². The molecule has 4 rings (SSSR count). The van der Waals surface area contributed by atoms with Gasteiger partial charge in [0.15, 0.2) is 0 Å². The Morgan fingerprint density at radius 2 is 2.12 bits per heavy atom. The number of ether oxygens (including phenoxy) is 1. The topological polar surface area (TPSA) is 59.4 Å². The number of hydrogen-bond donors (Lipinski definition) is 1. The van der Waals surface area contributed by atoms with Gasteiger partial charge in [-0.05, 0) is 55.7 Å². The summed E-state index contributed by atoms with van der Waals surface area (Å²) in [4.78, 5) is 16.0. The van der Waals surface area contributed by atoms with E-state index in [1.165, 1.54) is 17.5 Å². The van der Waals surface area contributed by atoms with E-state index in [-0.39, 0.29) is 12.0 Å². The third-order valence-electron chi connectivity index (χ3n) is 5.54. The van der Waals surface area contributed by atoms with Crippen molar-refractivity contribution in [2.45, 2.75) is 57.0 Å². The molecule has 2 aliphatic rings. The van der Waals surface area contributed by atoms with E-state index in [1.54, 1.807) is 0 Å². The van der Waals surface area contributed by atoms with Crippen LogP contribution in [0.3, 0.4) is 0 Å². The Labute approximate surface area is 141 Å². The second-order valence-electron chi connectivity index (χ2n) is 7.09. The molecule has 1 aliphatic heterocycles. The second-order valence-corrected chi connectivity index (χ2v) is 7.09. The first-order chi connectivity index (χ1) is 11.7. The molecule has 0 bridgehead atoms. The zero-order valence-corrected chi connectivity index (χ0v) is 13.9. The zero-order valence-electron chi connectivity index (χ0n) is 13.9. The fourth-order valence-electron chi connectivity index (χ4n) is 4.31. The number of nitrogens with zero attached hydrogens (tertiary/aromatic N) is 1. The fourth-order valence-corrected chi connectivity index (χ4v) is 4.31. The molecule has 1 aromatic carbocycles. The molecule has 0 amide bonds. The smallest absolute Gasteiger partial charge is 0.303 e. The van der Waals surface area contributed by atoms with Crippen molar-refractivity contribution in [2.24, 2.45) is 0 Å². The molecule has 1 aromatic heterocycles. The Kier molecular flexibility index (Phi) is 4.01. The fraction of sp³-hybridized carbons (Fsp3) is 0.500. The van der Waals surface area contributed by atoms with E-state index >= 15 is 0 Å². The van der Waals surface area contributed by atoms with Crippen LogP contribution in [0.5, 0.6) is 0 Å². The summed E-state index contributed by atoms with van der Waals surface area (Å²) in [6.45, 7) is 0.848. The molecule has 4 nitrogen and oxygen atoms in total. The van der Waals surface area contributed by atoms with Crippen LogP contribution in [0.1, 0.15) is 48.9 Å². The van der Waals surface area contributed by atoms with Crippen molar-refractivity contribution in [1.29, 1.82) is 0 Å². The van der Waals surface area contributed by atoms with Crippen LogP contribution >= 0.6 is 0 Å². The predicted octanol–water partition coefficient (Wildman–Crippen LogP) is 3.68. The van der Waals surface area contributed by atoms with E-state index in [1.807, 2.05) is 18.2 Å². The highest BCUT2D eigenvalue weighted by atomic mass is 16.5. The maximum absolute atomic E-state index is 11.1. The molecular formula is C20H23NO3. The van der Waals surface area contributed by atoms with Crippen LogP contribution in [0, 0.1) is 0 Å². The molecule has 1 fully saturated rings. The summed E-state index contributed by atoms with van der Waals surface area (Å²) in [7, 11) is 0. The highest BCUT2D eigenvalue weighted by Crippen LogP contribution is 2.40. The van der Waals surface area contributed by atoms with Crippen molar-refractivity contribution >= 4 is 16.9 Å². The Bertz CT molecular complexity index is 778. The quantitative estimate of drug-likeness (QED) is 0.935. The highest BCUT2D eigenvalue weighted by Gasteiger charge is 2.38. The summed E-state index contributed by atoms with van der Waals surface area (Å²) in [5.74, 6) is -0.746. The number of benzene rings is 1. The van der Waals surface area contributed by atoms with E-state index in [2.05, 4.69) is 6.07 Å². The maximum Gasteiger partial charge on any atom is 0.303 e. The lowest BCUT2D eigenvalue weighted by Crippen LogP contribution is -2.42. The first-order valence-corrected chi connectivity index (χ1v) is 8.92. The summed E-state index contributed by atoms with van der Waals surface area (Å²) >= 11 is 0. The van der Waals surface area contributed by atoms with Crippen molar-refractivity contribution in [2.75, 3.05) is 6.61 Å². The minimum atomic E-state index is -0.746. The SMILES string of the molecule is O=C(O)CCc1c2c(nc3ccccc13)CCC1(CCCCO1)C2. The maximum atomic E-state index is 11.1. The van der Waals surface area contributed by atoms with E-state index < -0.39 is 5.97 Å². The minimum absolute atomic E-state index is 0.0483. The Morgan fingerprint density at radius 3 is 2.92 bits per heavy atom. The van der Waals surface area contributed by atoms with Crippen LogP contribution in [-0.4, -0.2) is 28.3 Å². The van der Waals surface area contributed by atoms with Crippen LogP contribution in [0.15, 0.2) is 24.3 Å². The summed E-state index contributed by atoms with van der Waals surface area (Å²) in [6.07, 6.45) is 7.05.